The van der Waals surface area contributed by atoms with Gasteiger partial charge >= 0.3 is 0 Å². The summed E-state index contributed by atoms with van der Waals surface area (Å²) in [4.78, 5) is 2.21. The zero-order valence-corrected chi connectivity index (χ0v) is 9.13. The first-order valence-electron chi connectivity index (χ1n) is 5.56. The molecule has 0 saturated carbocycles. The quantitative estimate of drug-likeness (QED) is 0.704. The Labute approximate surface area is 91.7 Å². The van der Waals surface area contributed by atoms with E-state index in [1.165, 1.54) is 5.56 Å². The molecule has 0 N–H and O–H groups in total. The minimum absolute atomic E-state index is 0.527. The van der Waals surface area contributed by atoms with Gasteiger partial charge in [0.25, 0.3) is 0 Å². The molecule has 0 amide bonds. The Bertz CT molecular complexity index is 351. The van der Waals surface area contributed by atoms with Gasteiger partial charge in [0.15, 0.2) is 0 Å². The van der Waals surface area contributed by atoms with E-state index >= 15 is 0 Å². The summed E-state index contributed by atoms with van der Waals surface area (Å²) in [6.45, 7) is 3.20. The molecule has 1 aliphatic rings. The maximum atomic E-state index is 2.29. The first-order chi connectivity index (χ1) is 7.40. The third kappa shape index (κ3) is 2.50. The molecule has 1 heterocycles. The summed E-state index contributed by atoms with van der Waals surface area (Å²) in [6.07, 6.45) is 9.98. The summed E-state index contributed by atoms with van der Waals surface area (Å²) < 4.78 is 0. The Kier molecular flexibility index (Phi) is 3.23. The van der Waals surface area contributed by atoms with Gasteiger partial charge in [-0.05, 0) is 25.1 Å². The topological polar surface area (TPSA) is 3.24 Å². The van der Waals surface area contributed by atoms with Crippen LogP contribution in [0.1, 0.15) is 24.8 Å². The summed E-state index contributed by atoms with van der Waals surface area (Å²) >= 11 is 0. The van der Waals surface area contributed by atoms with Crippen LogP contribution in [0.25, 0.3) is 0 Å². The molecule has 1 heteroatoms. The molecule has 78 valence electrons. The highest BCUT2D eigenvalue weighted by molar-refractivity contribution is 5.25. The van der Waals surface area contributed by atoms with Crippen molar-refractivity contribution in [1.82, 2.24) is 4.90 Å². The van der Waals surface area contributed by atoms with Gasteiger partial charge in [-0.25, -0.2) is 0 Å². The lowest BCUT2D eigenvalue weighted by molar-refractivity contribution is 0.537. The predicted octanol–water partition coefficient (Wildman–Crippen LogP) is 3.52. The van der Waals surface area contributed by atoms with Crippen molar-refractivity contribution in [2.45, 2.75) is 19.3 Å². The van der Waals surface area contributed by atoms with Gasteiger partial charge in [-0.2, -0.15) is 0 Å². The van der Waals surface area contributed by atoms with Gasteiger partial charge in [0, 0.05) is 18.7 Å². The van der Waals surface area contributed by atoms with Crippen LogP contribution in [-0.2, 0) is 0 Å². The van der Waals surface area contributed by atoms with Gasteiger partial charge in [0.05, 0.1) is 0 Å². The van der Waals surface area contributed by atoms with E-state index in [1.54, 1.807) is 0 Å². The number of benzene rings is 1. The van der Waals surface area contributed by atoms with E-state index in [4.69, 9.17) is 0 Å². The highest BCUT2D eigenvalue weighted by Crippen LogP contribution is 2.23. The average molecular weight is 199 g/mol. The van der Waals surface area contributed by atoms with Crippen LogP contribution < -0.4 is 0 Å². The molecule has 1 aliphatic heterocycles. The first-order valence-corrected chi connectivity index (χ1v) is 5.56. The molecular weight excluding hydrogens is 182 g/mol. The normalized spacial score (nSPS) is 20.3. The van der Waals surface area contributed by atoms with Crippen molar-refractivity contribution in [3.63, 3.8) is 0 Å². The Morgan fingerprint density at radius 2 is 2.00 bits per heavy atom. The molecule has 0 aliphatic carbocycles. The van der Waals surface area contributed by atoms with Gasteiger partial charge < -0.3 is 4.90 Å². The lowest BCUT2D eigenvalue weighted by Crippen LogP contribution is -2.06. The number of hydrogen-bond acceptors (Lipinski definition) is 1. The number of allylic oxidation sites excluding steroid dienone is 2. The van der Waals surface area contributed by atoms with Gasteiger partial charge in [0.2, 0.25) is 0 Å². The van der Waals surface area contributed by atoms with Crippen molar-refractivity contribution in [2.24, 2.45) is 0 Å². The Balaban J connectivity index is 2.16. The molecule has 0 bridgehead atoms. The summed E-state index contributed by atoms with van der Waals surface area (Å²) in [5.74, 6) is 0.527. The van der Waals surface area contributed by atoms with E-state index in [1.807, 2.05) is 0 Å². The largest absolute Gasteiger partial charge is 0.355 e. The Morgan fingerprint density at radius 1 is 1.20 bits per heavy atom. The Morgan fingerprint density at radius 3 is 2.73 bits per heavy atom. The van der Waals surface area contributed by atoms with Crippen LogP contribution in [0.2, 0.25) is 0 Å². The standard InChI is InChI=1S/C14H17N/c1-2-15-11-6-9-14(10-12-15)13-7-4-3-5-8-13/h3-8,10-12,14H,2,9H2,1H3. The third-order valence-corrected chi connectivity index (χ3v) is 2.79. The van der Waals surface area contributed by atoms with Gasteiger partial charge in [-0.15, -0.1) is 0 Å². The molecule has 15 heavy (non-hydrogen) atoms. The van der Waals surface area contributed by atoms with E-state index in [2.05, 4.69) is 66.7 Å². The van der Waals surface area contributed by atoms with Crippen LogP contribution in [-0.4, -0.2) is 11.4 Å². The number of hydrogen-bond donors (Lipinski definition) is 0. The average Bonchev–Trinajstić information content (AvgIpc) is 2.55. The van der Waals surface area contributed by atoms with E-state index in [0.29, 0.717) is 5.92 Å². The zero-order chi connectivity index (χ0) is 10.5. The molecule has 0 aromatic heterocycles. The zero-order valence-electron chi connectivity index (χ0n) is 9.13. The molecule has 1 unspecified atom stereocenters. The molecule has 0 spiro atoms. The predicted molar refractivity (Wildman–Crippen MR) is 64.5 cm³/mol. The molecule has 1 aromatic rings. The second-order valence-electron chi connectivity index (χ2n) is 3.81. The first kappa shape index (κ1) is 10.0. The van der Waals surface area contributed by atoms with Gasteiger partial charge in [-0.1, -0.05) is 42.5 Å². The van der Waals surface area contributed by atoms with Gasteiger partial charge in [-0.3, -0.25) is 0 Å². The van der Waals surface area contributed by atoms with Crippen molar-refractivity contribution >= 4 is 0 Å². The molecule has 2 rings (SSSR count). The summed E-state index contributed by atoms with van der Waals surface area (Å²) in [6, 6.07) is 10.7. The summed E-state index contributed by atoms with van der Waals surface area (Å²) in [7, 11) is 0. The van der Waals surface area contributed by atoms with Crippen LogP contribution in [0.3, 0.4) is 0 Å². The molecular formula is C14H17N. The van der Waals surface area contributed by atoms with Gasteiger partial charge in [0.1, 0.15) is 0 Å². The fourth-order valence-electron chi connectivity index (χ4n) is 1.84. The maximum absolute atomic E-state index is 2.29. The van der Waals surface area contributed by atoms with E-state index in [-0.39, 0.29) is 0 Å². The van der Waals surface area contributed by atoms with Crippen LogP contribution >= 0.6 is 0 Å². The maximum Gasteiger partial charge on any atom is 0.0190 e. The van der Waals surface area contributed by atoms with Crippen molar-refractivity contribution in [3.05, 3.63) is 60.4 Å². The molecule has 0 saturated heterocycles. The van der Waals surface area contributed by atoms with E-state index < -0.39 is 0 Å². The lowest BCUT2D eigenvalue weighted by Gasteiger charge is -2.11. The second-order valence-corrected chi connectivity index (χ2v) is 3.81. The molecule has 1 aromatic carbocycles. The molecule has 1 nitrogen and oxygen atoms in total. The minimum Gasteiger partial charge on any atom is -0.355 e. The second kappa shape index (κ2) is 4.83. The van der Waals surface area contributed by atoms with Crippen LogP contribution in [0.5, 0.6) is 0 Å². The molecule has 0 fully saturated rings. The fourth-order valence-corrected chi connectivity index (χ4v) is 1.84. The van der Waals surface area contributed by atoms with Crippen LogP contribution in [0.15, 0.2) is 54.9 Å². The molecule has 0 radical (unpaired) electrons. The SMILES string of the molecule is CCN1C=CCC(c2ccccc2)C=C1. The summed E-state index contributed by atoms with van der Waals surface area (Å²) in [5, 5.41) is 0. The van der Waals surface area contributed by atoms with Crippen LogP contribution in [0, 0.1) is 0 Å². The highest BCUT2D eigenvalue weighted by atomic mass is 15.1. The van der Waals surface area contributed by atoms with Crippen LogP contribution in [0.4, 0.5) is 0 Å². The lowest BCUT2D eigenvalue weighted by atomic mass is 9.96. The van der Waals surface area contributed by atoms with Crippen molar-refractivity contribution in [2.75, 3.05) is 6.54 Å². The van der Waals surface area contributed by atoms with E-state index in [0.717, 1.165) is 13.0 Å². The number of nitrogens with zero attached hydrogens (tertiary/aromatic N) is 1. The summed E-state index contributed by atoms with van der Waals surface area (Å²) in [5.41, 5.74) is 1.40. The van der Waals surface area contributed by atoms with Crippen molar-refractivity contribution in [3.8, 4) is 0 Å². The smallest absolute Gasteiger partial charge is 0.0190 e. The Hall–Kier alpha value is -1.50. The van der Waals surface area contributed by atoms with Crippen molar-refractivity contribution in [1.29, 1.82) is 0 Å². The minimum atomic E-state index is 0.527. The van der Waals surface area contributed by atoms with E-state index in [9.17, 15) is 0 Å². The van der Waals surface area contributed by atoms with Crippen molar-refractivity contribution < 1.29 is 0 Å². The fraction of sp³-hybridized carbons (Fsp3) is 0.286. The number of rotatable bonds is 2. The molecule has 1 atom stereocenters. The monoisotopic (exact) mass is 199 g/mol. The highest BCUT2D eigenvalue weighted by Gasteiger charge is 2.08. The third-order valence-electron chi connectivity index (χ3n) is 2.79.